The van der Waals surface area contributed by atoms with E-state index in [0.717, 1.165) is 0 Å². The minimum absolute atomic E-state index is 0.0194. The quantitative estimate of drug-likeness (QED) is 0.0856. The Hall–Kier alpha value is -1.35. The summed E-state index contributed by atoms with van der Waals surface area (Å²) in [4.78, 5) is 33.7. The molecule has 45 heavy (non-hydrogen) atoms. The molecule has 0 heterocycles. The summed E-state index contributed by atoms with van der Waals surface area (Å²) in [6, 6.07) is 0. The van der Waals surface area contributed by atoms with Crippen LogP contribution in [0.15, 0.2) is 0 Å². The number of carbonyl (C=O) groups excluding carboxylic acids is 3. The van der Waals surface area contributed by atoms with Crippen molar-refractivity contribution in [2.45, 2.75) is 175 Å². The number of Topliss-reactive ketones (excluding diaryl/α,β-unsaturated/α-hetero) is 3. The molecule has 9 N–H and O–H groups in total. The van der Waals surface area contributed by atoms with Gasteiger partial charge in [-0.15, -0.1) is 0 Å². The van der Waals surface area contributed by atoms with E-state index in [0.29, 0.717) is 19.3 Å². The van der Waals surface area contributed by atoms with Crippen LogP contribution in [0.5, 0.6) is 0 Å². The maximum absolute atomic E-state index is 11.3. The van der Waals surface area contributed by atoms with Crippen LogP contribution >= 0.6 is 0 Å². The largest absolute Gasteiger partial charge is 0.393 e. The highest BCUT2D eigenvalue weighted by atomic mass is 16.3. The van der Waals surface area contributed by atoms with E-state index in [1.807, 2.05) is 13.8 Å². The van der Waals surface area contributed by atoms with Gasteiger partial charge in [-0.05, 0) is 39.5 Å². The Morgan fingerprint density at radius 1 is 0.422 bits per heavy atom. The lowest BCUT2D eigenvalue weighted by Crippen LogP contribution is -2.34. The van der Waals surface area contributed by atoms with Gasteiger partial charge in [-0.2, -0.15) is 0 Å². The van der Waals surface area contributed by atoms with Crippen LogP contribution in [-0.4, -0.2) is 118 Å². The third kappa shape index (κ3) is 26.4. The van der Waals surface area contributed by atoms with Gasteiger partial charge in [0.2, 0.25) is 0 Å². The van der Waals surface area contributed by atoms with E-state index in [9.17, 15) is 50.1 Å². The summed E-state index contributed by atoms with van der Waals surface area (Å²) in [5.41, 5.74) is 0. The Balaban J connectivity index is -0.000000593. The van der Waals surface area contributed by atoms with E-state index in [-0.39, 0.29) is 73.6 Å². The van der Waals surface area contributed by atoms with Gasteiger partial charge in [0, 0.05) is 49.9 Å². The zero-order chi connectivity index (χ0) is 36.0. The van der Waals surface area contributed by atoms with Crippen molar-refractivity contribution in [2.75, 3.05) is 0 Å². The molecular formula is C33H66O12. The highest BCUT2D eigenvalue weighted by molar-refractivity contribution is 5.81. The van der Waals surface area contributed by atoms with Gasteiger partial charge in [-0.3, -0.25) is 14.4 Å². The molecule has 12 heteroatoms. The minimum Gasteiger partial charge on any atom is -0.393 e. The van der Waals surface area contributed by atoms with Gasteiger partial charge in [0.25, 0.3) is 0 Å². The second-order valence-corrected chi connectivity index (χ2v) is 12.9. The lowest BCUT2D eigenvalue weighted by Gasteiger charge is -2.22. The number of hydrogen-bond acceptors (Lipinski definition) is 12. The molecule has 9 unspecified atom stereocenters. The fraction of sp³-hybridized carbons (Fsp3) is 0.909. The highest BCUT2D eigenvalue weighted by Crippen LogP contribution is 2.13. The molecule has 0 aromatic heterocycles. The Morgan fingerprint density at radius 3 is 0.956 bits per heavy atom. The standard InChI is InChI=1S/C12H24O5.C11H22O4.C10H20O3/c1-7(2)9(14)4-5-10(15)12(17)6-11(16)8(3)13;1-7(2)9(13)4-5-10(14)11(15)6-8(3)12;1-4-8(11)10(13)6-5-9(12)7(2)3/h7-8,10-13,15-17H,4-6H2,1-3H3;7-8,10-12,14-15H,4-6H2,1-3H3;7-8,10-11,13H,4-6H2,1-3H3. The molecule has 0 aliphatic rings. The lowest BCUT2D eigenvalue weighted by atomic mass is 9.97. The number of aliphatic hydroxyl groups excluding tert-OH is 9. The van der Waals surface area contributed by atoms with Crippen molar-refractivity contribution in [2.24, 2.45) is 17.8 Å². The maximum atomic E-state index is 11.3. The monoisotopic (exact) mass is 654 g/mol. The molecule has 0 saturated heterocycles. The van der Waals surface area contributed by atoms with Crippen molar-refractivity contribution in [3.63, 3.8) is 0 Å². The summed E-state index contributed by atoms with van der Waals surface area (Å²) >= 11 is 0. The Morgan fingerprint density at radius 2 is 0.711 bits per heavy atom. The molecule has 0 aliphatic heterocycles. The van der Waals surface area contributed by atoms with Gasteiger partial charge in [0.05, 0.1) is 54.9 Å². The summed E-state index contributed by atoms with van der Waals surface area (Å²) in [7, 11) is 0. The summed E-state index contributed by atoms with van der Waals surface area (Å²) in [6.07, 6.45) is -5.98. The molecule has 0 rings (SSSR count). The van der Waals surface area contributed by atoms with E-state index in [1.165, 1.54) is 6.92 Å². The van der Waals surface area contributed by atoms with Gasteiger partial charge < -0.3 is 46.0 Å². The van der Waals surface area contributed by atoms with Crippen molar-refractivity contribution in [1.82, 2.24) is 0 Å². The highest BCUT2D eigenvalue weighted by Gasteiger charge is 2.24. The second kappa shape index (κ2) is 26.7. The smallest absolute Gasteiger partial charge is 0.135 e. The van der Waals surface area contributed by atoms with Crippen molar-refractivity contribution < 1.29 is 60.3 Å². The number of aliphatic hydroxyl groups is 9. The van der Waals surface area contributed by atoms with Crippen LogP contribution in [0.2, 0.25) is 0 Å². The molecule has 0 aromatic carbocycles. The molecular weight excluding hydrogens is 588 g/mol. The summed E-state index contributed by atoms with van der Waals surface area (Å²) in [5, 5.41) is 84.0. The van der Waals surface area contributed by atoms with Crippen molar-refractivity contribution in [1.29, 1.82) is 0 Å². The van der Waals surface area contributed by atoms with Gasteiger partial charge >= 0.3 is 0 Å². The fourth-order valence-electron chi connectivity index (χ4n) is 3.69. The zero-order valence-electron chi connectivity index (χ0n) is 29.0. The predicted octanol–water partition coefficient (Wildman–Crippen LogP) is 1.45. The molecule has 0 fully saturated rings. The molecule has 0 aliphatic carbocycles. The van der Waals surface area contributed by atoms with Crippen LogP contribution in [0.4, 0.5) is 0 Å². The SMILES string of the molecule is CC(C)C(=O)CCC(O)C(O)CC(O)C(C)O.CC(O)CC(O)C(O)CCC(=O)C(C)C.CCC(O)C(O)CCC(=O)C(C)C. The number of carbonyl (C=O) groups is 3. The van der Waals surface area contributed by atoms with Crippen LogP contribution in [0.1, 0.15) is 120 Å². The first-order valence-corrected chi connectivity index (χ1v) is 16.3. The normalized spacial score (nSPS) is 17.5. The van der Waals surface area contributed by atoms with Crippen LogP contribution < -0.4 is 0 Å². The topological polar surface area (TPSA) is 233 Å². The third-order valence-corrected chi connectivity index (χ3v) is 7.36. The molecule has 0 amide bonds. The Bertz CT molecular complexity index is 769. The van der Waals surface area contributed by atoms with E-state index >= 15 is 0 Å². The van der Waals surface area contributed by atoms with Crippen LogP contribution in [0.3, 0.4) is 0 Å². The first kappa shape index (κ1) is 48.1. The summed E-state index contributed by atoms with van der Waals surface area (Å²) in [6.45, 7) is 15.6. The van der Waals surface area contributed by atoms with E-state index in [1.54, 1.807) is 41.5 Å². The molecule has 0 spiro atoms. The summed E-state index contributed by atoms with van der Waals surface area (Å²) < 4.78 is 0. The van der Waals surface area contributed by atoms with Crippen molar-refractivity contribution in [3.05, 3.63) is 0 Å². The van der Waals surface area contributed by atoms with Crippen LogP contribution in [0.25, 0.3) is 0 Å². The fourth-order valence-corrected chi connectivity index (χ4v) is 3.69. The van der Waals surface area contributed by atoms with Crippen LogP contribution in [-0.2, 0) is 14.4 Å². The first-order chi connectivity index (χ1) is 20.6. The van der Waals surface area contributed by atoms with E-state index in [2.05, 4.69) is 0 Å². The van der Waals surface area contributed by atoms with Gasteiger partial charge in [-0.1, -0.05) is 48.5 Å². The van der Waals surface area contributed by atoms with E-state index in [4.69, 9.17) is 10.2 Å². The lowest BCUT2D eigenvalue weighted by molar-refractivity contribution is -0.123. The average Bonchev–Trinajstić information content (AvgIpc) is 2.95. The maximum Gasteiger partial charge on any atom is 0.135 e. The minimum atomic E-state index is -1.13. The van der Waals surface area contributed by atoms with Gasteiger partial charge in [0.1, 0.15) is 17.3 Å². The molecule has 9 atom stereocenters. The van der Waals surface area contributed by atoms with E-state index < -0.39 is 54.9 Å². The Kier molecular flexibility index (Phi) is 28.5. The first-order valence-electron chi connectivity index (χ1n) is 16.3. The predicted molar refractivity (Wildman–Crippen MR) is 172 cm³/mol. The number of hydrogen-bond donors (Lipinski definition) is 9. The molecule has 0 radical (unpaired) electrons. The zero-order valence-corrected chi connectivity index (χ0v) is 29.0. The van der Waals surface area contributed by atoms with Crippen molar-refractivity contribution >= 4 is 17.3 Å². The molecule has 12 nitrogen and oxygen atoms in total. The number of rotatable bonds is 21. The molecule has 270 valence electrons. The average molecular weight is 655 g/mol. The molecule has 0 aromatic rings. The van der Waals surface area contributed by atoms with Crippen molar-refractivity contribution in [3.8, 4) is 0 Å². The third-order valence-electron chi connectivity index (χ3n) is 7.36. The van der Waals surface area contributed by atoms with Gasteiger partial charge in [0.15, 0.2) is 0 Å². The number of ketones is 3. The molecule has 0 saturated carbocycles. The van der Waals surface area contributed by atoms with Gasteiger partial charge in [-0.25, -0.2) is 0 Å². The van der Waals surface area contributed by atoms with Crippen LogP contribution in [0, 0.1) is 17.8 Å². The molecule has 0 bridgehead atoms. The second-order valence-electron chi connectivity index (χ2n) is 12.9. The Labute approximate surface area is 270 Å². The summed E-state index contributed by atoms with van der Waals surface area (Å²) in [5.74, 6) is 0.160.